The SMILES string of the molecule is CCNC(=NCC(=O)NCc1ccco1)N(C)CCOc1ccccc1.I. The largest absolute Gasteiger partial charge is 0.492 e. The molecule has 0 saturated heterocycles. The van der Waals surface area contributed by atoms with Gasteiger partial charge in [0.25, 0.3) is 0 Å². The molecule has 0 unspecified atom stereocenters. The zero-order valence-electron chi connectivity index (χ0n) is 15.7. The summed E-state index contributed by atoms with van der Waals surface area (Å²) < 4.78 is 10.9. The Hall–Kier alpha value is -2.23. The number of furan rings is 1. The van der Waals surface area contributed by atoms with Crippen molar-refractivity contribution in [2.75, 3.05) is 33.3 Å². The molecule has 0 spiro atoms. The van der Waals surface area contributed by atoms with Crippen LogP contribution in [0.15, 0.2) is 58.1 Å². The number of ether oxygens (including phenoxy) is 1. The molecule has 1 heterocycles. The Bertz CT molecular complexity index is 678. The fourth-order valence-electron chi connectivity index (χ4n) is 2.19. The second-order valence-corrected chi connectivity index (χ2v) is 5.61. The van der Waals surface area contributed by atoms with Crippen molar-refractivity contribution in [3.8, 4) is 5.75 Å². The molecule has 1 amide bonds. The summed E-state index contributed by atoms with van der Waals surface area (Å²) in [7, 11) is 1.91. The van der Waals surface area contributed by atoms with Gasteiger partial charge >= 0.3 is 0 Å². The number of hydrogen-bond acceptors (Lipinski definition) is 4. The highest BCUT2D eigenvalue weighted by Crippen LogP contribution is 2.07. The first-order valence-electron chi connectivity index (χ1n) is 8.65. The molecule has 0 aliphatic rings. The number of rotatable bonds is 9. The highest BCUT2D eigenvalue weighted by molar-refractivity contribution is 14.0. The van der Waals surface area contributed by atoms with Crippen molar-refractivity contribution in [3.63, 3.8) is 0 Å². The fourth-order valence-corrected chi connectivity index (χ4v) is 2.19. The van der Waals surface area contributed by atoms with E-state index in [-0.39, 0.29) is 36.4 Å². The molecule has 2 rings (SSSR count). The Labute approximate surface area is 177 Å². The molecular weight excluding hydrogens is 459 g/mol. The lowest BCUT2D eigenvalue weighted by molar-refractivity contribution is -0.119. The summed E-state index contributed by atoms with van der Waals surface area (Å²) in [5, 5.41) is 5.95. The number of aliphatic imine (C=N–C) groups is 1. The Morgan fingerprint density at radius 1 is 1.19 bits per heavy atom. The van der Waals surface area contributed by atoms with E-state index in [1.807, 2.05) is 55.3 Å². The number of likely N-dealkylation sites (N-methyl/N-ethyl adjacent to an activating group) is 1. The molecule has 2 aromatic rings. The molecule has 0 aliphatic carbocycles. The number of benzene rings is 1. The van der Waals surface area contributed by atoms with Crippen LogP contribution in [0.25, 0.3) is 0 Å². The predicted octanol–water partition coefficient (Wildman–Crippen LogP) is 2.49. The Balaban J connectivity index is 0.00000364. The fraction of sp³-hybridized carbons (Fsp3) is 0.368. The lowest BCUT2D eigenvalue weighted by atomic mass is 10.3. The Morgan fingerprint density at radius 3 is 2.63 bits per heavy atom. The van der Waals surface area contributed by atoms with Crippen LogP contribution in [0, 0.1) is 0 Å². The van der Waals surface area contributed by atoms with E-state index in [2.05, 4.69) is 15.6 Å². The van der Waals surface area contributed by atoms with E-state index in [1.54, 1.807) is 12.3 Å². The number of para-hydroxylation sites is 1. The van der Waals surface area contributed by atoms with Gasteiger partial charge in [0.1, 0.15) is 24.7 Å². The molecule has 2 N–H and O–H groups in total. The predicted molar refractivity (Wildman–Crippen MR) is 117 cm³/mol. The van der Waals surface area contributed by atoms with Gasteiger partial charge in [0.15, 0.2) is 5.96 Å². The first-order chi connectivity index (χ1) is 12.7. The van der Waals surface area contributed by atoms with E-state index < -0.39 is 0 Å². The number of nitrogens with one attached hydrogen (secondary N) is 2. The lowest BCUT2D eigenvalue weighted by Crippen LogP contribution is -2.41. The van der Waals surface area contributed by atoms with Crippen LogP contribution in [-0.4, -0.2) is 50.1 Å². The van der Waals surface area contributed by atoms with E-state index in [0.29, 0.717) is 31.4 Å². The molecule has 0 aliphatic heterocycles. The maximum absolute atomic E-state index is 11.9. The number of hydrogen-bond donors (Lipinski definition) is 2. The van der Waals surface area contributed by atoms with Crippen LogP contribution in [0.5, 0.6) is 5.75 Å². The van der Waals surface area contributed by atoms with Crippen LogP contribution in [0.4, 0.5) is 0 Å². The third-order valence-corrected chi connectivity index (χ3v) is 3.55. The molecule has 0 radical (unpaired) electrons. The minimum atomic E-state index is -0.161. The van der Waals surface area contributed by atoms with Gasteiger partial charge in [0.2, 0.25) is 5.91 Å². The topological polar surface area (TPSA) is 79.1 Å². The molecule has 148 valence electrons. The summed E-state index contributed by atoms with van der Waals surface area (Å²) >= 11 is 0. The van der Waals surface area contributed by atoms with Crippen LogP contribution in [0.2, 0.25) is 0 Å². The van der Waals surface area contributed by atoms with Crippen molar-refractivity contribution in [2.24, 2.45) is 4.99 Å². The van der Waals surface area contributed by atoms with E-state index in [0.717, 1.165) is 12.3 Å². The van der Waals surface area contributed by atoms with Gasteiger partial charge in [-0.15, -0.1) is 24.0 Å². The van der Waals surface area contributed by atoms with Crippen LogP contribution in [-0.2, 0) is 11.3 Å². The number of guanidine groups is 1. The number of carbonyl (C=O) groups is 1. The summed E-state index contributed by atoms with van der Waals surface area (Å²) in [6, 6.07) is 13.3. The van der Waals surface area contributed by atoms with Crippen molar-refractivity contribution < 1.29 is 13.9 Å². The van der Waals surface area contributed by atoms with Gasteiger partial charge in [-0.2, -0.15) is 0 Å². The first kappa shape index (κ1) is 22.8. The zero-order valence-corrected chi connectivity index (χ0v) is 18.0. The quantitative estimate of drug-likeness (QED) is 0.324. The zero-order chi connectivity index (χ0) is 18.6. The summed E-state index contributed by atoms with van der Waals surface area (Å²) in [5.41, 5.74) is 0. The van der Waals surface area contributed by atoms with Gasteiger partial charge in [0.05, 0.1) is 19.4 Å². The molecule has 27 heavy (non-hydrogen) atoms. The molecule has 0 saturated carbocycles. The standard InChI is InChI=1S/C19H26N4O3.HI/c1-3-20-19(22-15-18(24)21-14-17-10-7-12-25-17)23(2)11-13-26-16-8-5-4-6-9-16;/h4-10,12H,3,11,13-15H2,1-2H3,(H,20,22)(H,21,24);1H. The van der Waals surface area contributed by atoms with Gasteiger partial charge in [-0.3, -0.25) is 4.79 Å². The van der Waals surface area contributed by atoms with E-state index in [4.69, 9.17) is 9.15 Å². The number of carbonyl (C=O) groups excluding carboxylic acids is 1. The van der Waals surface area contributed by atoms with Crippen LogP contribution >= 0.6 is 24.0 Å². The molecule has 1 aromatic carbocycles. The van der Waals surface area contributed by atoms with Crippen molar-refractivity contribution in [2.45, 2.75) is 13.5 Å². The molecule has 1 aromatic heterocycles. The highest BCUT2D eigenvalue weighted by Gasteiger charge is 2.08. The molecular formula is C19H27IN4O3. The minimum Gasteiger partial charge on any atom is -0.492 e. The molecule has 0 fully saturated rings. The van der Waals surface area contributed by atoms with Crippen molar-refractivity contribution in [1.29, 1.82) is 0 Å². The van der Waals surface area contributed by atoms with Gasteiger partial charge in [0, 0.05) is 13.6 Å². The summed E-state index contributed by atoms with van der Waals surface area (Å²) in [5.74, 6) is 2.05. The van der Waals surface area contributed by atoms with E-state index in [1.165, 1.54) is 0 Å². The van der Waals surface area contributed by atoms with Gasteiger partial charge in [-0.25, -0.2) is 4.99 Å². The molecule has 8 heteroatoms. The minimum absolute atomic E-state index is 0. The highest BCUT2D eigenvalue weighted by atomic mass is 127. The number of halogens is 1. The van der Waals surface area contributed by atoms with Crippen LogP contribution < -0.4 is 15.4 Å². The first-order valence-corrected chi connectivity index (χ1v) is 8.65. The average molecular weight is 486 g/mol. The Morgan fingerprint density at radius 2 is 1.96 bits per heavy atom. The van der Waals surface area contributed by atoms with Gasteiger partial charge in [-0.05, 0) is 31.2 Å². The second-order valence-electron chi connectivity index (χ2n) is 5.61. The van der Waals surface area contributed by atoms with Crippen molar-refractivity contribution >= 4 is 35.8 Å². The third-order valence-electron chi connectivity index (χ3n) is 3.55. The molecule has 0 atom stereocenters. The third kappa shape index (κ3) is 8.80. The van der Waals surface area contributed by atoms with Gasteiger partial charge < -0.3 is 24.7 Å². The lowest BCUT2D eigenvalue weighted by Gasteiger charge is -2.22. The average Bonchev–Trinajstić information content (AvgIpc) is 3.18. The maximum Gasteiger partial charge on any atom is 0.242 e. The van der Waals surface area contributed by atoms with Crippen LogP contribution in [0.1, 0.15) is 12.7 Å². The normalized spacial score (nSPS) is 10.7. The van der Waals surface area contributed by atoms with Crippen LogP contribution in [0.3, 0.4) is 0 Å². The van der Waals surface area contributed by atoms with Crippen molar-refractivity contribution in [1.82, 2.24) is 15.5 Å². The monoisotopic (exact) mass is 486 g/mol. The van der Waals surface area contributed by atoms with Gasteiger partial charge in [-0.1, -0.05) is 18.2 Å². The summed E-state index contributed by atoms with van der Waals surface area (Å²) in [4.78, 5) is 18.2. The van der Waals surface area contributed by atoms with Crippen molar-refractivity contribution in [3.05, 3.63) is 54.5 Å². The van der Waals surface area contributed by atoms with E-state index in [9.17, 15) is 4.79 Å². The van der Waals surface area contributed by atoms with E-state index >= 15 is 0 Å². The summed E-state index contributed by atoms with van der Waals surface area (Å²) in [6.07, 6.45) is 1.58. The molecule has 0 bridgehead atoms. The Kier molecular flexibility index (Phi) is 11.0. The second kappa shape index (κ2) is 13.0. The number of nitrogens with zero attached hydrogens (tertiary/aromatic N) is 2. The molecule has 7 nitrogen and oxygen atoms in total. The number of amides is 1. The maximum atomic E-state index is 11.9. The smallest absolute Gasteiger partial charge is 0.242 e. The summed E-state index contributed by atoms with van der Waals surface area (Å²) in [6.45, 7) is 4.29.